The van der Waals surface area contributed by atoms with Crippen LogP contribution in [0.4, 0.5) is 0 Å². The molecule has 1 saturated heterocycles. The van der Waals surface area contributed by atoms with Gasteiger partial charge in [-0.2, -0.15) is 0 Å². The van der Waals surface area contributed by atoms with Crippen LogP contribution in [0.1, 0.15) is 120 Å². The summed E-state index contributed by atoms with van der Waals surface area (Å²) in [7, 11) is -4.38. The maximum Gasteiger partial charge on any atom is 0.192 e. The van der Waals surface area contributed by atoms with E-state index in [0.29, 0.717) is 13.0 Å². The van der Waals surface area contributed by atoms with Crippen LogP contribution in [0, 0.1) is 18.3 Å². The number of hydrogen-bond donors (Lipinski definition) is 0. The van der Waals surface area contributed by atoms with Gasteiger partial charge in [-0.3, -0.25) is 0 Å². The average Bonchev–Trinajstić information content (AvgIpc) is 3.01. The molecule has 300 valence electrons. The highest BCUT2D eigenvalue weighted by Gasteiger charge is 2.44. The maximum absolute atomic E-state index is 7.34. The van der Waals surface area contributed by atoms with E-state index in [4.69, 9.17) is 33.9 Å². The van der Waals surface area contributed by atoms with Crippen molar-refractivity contribution in [2.24, 2.45) is 5.92 Å². The van der Waals surface area contributed by atoms with E-state index in [-0.39, 0.29) is 51.6 Å². The summed E-state index contributed by atoms with van der Waals surface area (Å²) in [6.07, 6.45) is 12.9. The van der Waals surface area contributed by atoms with Crippen molar-refractivity contribution in [3.8, 4) is 18.1 Å². The third-order valence-electron chi connectivity index (χ3n) is 12.7. The molecule has 6 nitrogen and oxygen atoms in total. The smallest absolute Gasteiger partial charge is 0.192 e. The van der Waals surface area contributed by atoms with E-state index in [1.165, 1.54) is 6.42 Å². The van der Waals surface area contributed by atoms with E-state index >= 15 is 0 Å². The van der Waals surface area contributed by atoms with E-state index in [2.05, 4.69) is 127 Å². The predicted octanol–water partition coefficient (Wildman–Crippen LogP) is 12.2. The van der Waals surface area contributed by atoms with Crippen molar-refractivity contribution in [3.05, 3.63) is 29.8 Å². The molecular formula is C43H80O6Si3. The van der Waals surface area contributed by atoms with E-state index in [1.807, 2.05) is 12.1 Å². The molecule has 0 unspecified atom stereocenters. The molecule has 0 bridgehead atoms. The lowest BCUT2D eigenvalue weighted by Crippen LogP contribution is -2.49. The van der Waals surface area contributed by atoms with Gasteiger partial charge < -0.3 is 27.5 Å². The molecule has 2 rings (SSSR count). The summed E-state index contributed by atoms with van der Waals surface area (Å²) in [4.78, 5) is 0. The van der Waals surface area contributed by atoms with Crippen molar-refractivity contribution < 1.29 is 27.5 Å². The Morgan fingerprint density at radius 3 is 1.79 bits per heavy atom. The van der Waals surface area contributed by atoms with Crippen molar-refractivity contribution in [1.82, 2.24) is 0 Å². The standard InChI is InChI=1S/C43H80O6Si3/c1-19-33(2)40(45-32-34-23-25-35(44-12)26-24-34)31-39(49-52(17,18)43(9,10)11)30-38(48-51(15,16)42(6,7)8)29-37-22-20-21-36(47-37)27-28-46-50(13,14)41(3,4)5/h1,23-26,33,36-40H,20-22,27-32H2,2-18H3/t33-,36+,37-,38+,39-,40+/m0/s1. The zero-order chi connectivity index (χ0) is 39.8. The van der Waals surface area contributed by atoms with Gasteiger partial charge in [0.1, 0.15) is 5.75 Å². The Balaban J connectivity index is 2.36. The lowest BCUT2D eigenvalue weighted by Gasteiger charge is -2.44. The molecule has 0 saturated carbocycles. The van der Waals surface area contributed by atoms with Gasteiger partial charge in [0.05, 0.1) is 32.0 Å². The van der Waals surface area contributed by atoms with E-state index in [1.54, 1.807) is 7.11 Å². The van der Waals surface area contributed by atoms with Gasteiger partial charge >= 0.3 is 0 Å². The van der Waals surface area contributed by atoms with Crippen molar-refractivity contribution in [2.45, 2.75) is 206 Å². The van der Waals surface area contributed by atoms with Crippen LogP contribution < -0.4 is 4.74 Å². The van der Waals surface area contributed by atoms with Crippen LogP contribution in [-0.4, -0.2) is 69.2 Å². The van der Waals surface area contributed by atoms with E-state index in [0.717, 1.165) is 50.0 Å². The average molecular weight is 777 g/mol. The van der Waals surface area contributed by atoms with Crippen LogP contribution in [0.3, 0.4) is 0 Å². The van der Waals surface area contributed by atoms with Crippen LogP contribution in [0.25, 0.3) is 0 Å². The highest BCUT2D eigenvalue weighted by molar-refractivity contribution is 6.75. The van der Waals surface area contributed by atoms with Gasteiger partial charge in [0.2, 0.25) is 0 Å². The number of hydrogen-bond acceptors (Lipinski definition) is 6. The topological polar surface area (TPSA) is 55.4 Å². The fraction of sp³-hybridized carbons (Fsp3) is 0.814. The summed E-state index contributed by atoms with van der Waals surface area (Å²) >= 11 is 0. The first kappa shape index (κ1) is 47.2. The molecule has 0 aliphatic carbocycles. The lowest BCUT2D eigenvalue weighted by molar-refractivity contribution is -0.0786. The molecule has 52 heavy (non-hydrogen) atoms. The third kappa shape index (κ3) is 14.6. The Morgan fingerprint density at radius 1 is 0.769 bits per heavy atom. The number of benzene rings is 1. The van der Waals surface area contributed by atoms with Crippen LogP contribution in [0.5, 0.6) is 5.75 Å². The zero-order valence-electron chi connectivity index (χ0n) is 36.7. The minimum absolute atomic E-state index is 0.00581. The van der Waals surface area contributed by atoms with Crippen molar-refractivity contribution >= 4 is 25.0 Å². The summed E-state index contributed by atoms with van der Waals surface area (Å²) < 4.78 is 40.1. The van der Waals surface area contributed by atoms with Crippen LogP contribution >= 0.6 is 0 Å². The molecule has 1 heterocycles. The summed E-state index contributed by atoms with van der Waals surface area (Å²) in [5.41, 5.74) is 1.09. The van der Waals surface area contributed by atoms with Crippen LogP contribution in [0.2, 0.25) is 54.4 Å². The molecule has 0 aromatic heterocycles. The Morgan fingerprint density at radius 2 is 1.29 bits per heavy atom. The normalized spacial score (nSPS) is 20.5. The fourth-order valence-electron chi connectivity index (χ4n) is 5.90. The van der Waals surface area contributed by atoms with Crippen LogP contribution in [0.15, 0.2) is 24.3 Å². The summed E-state index contributed by atoms with van der Waals surface area (Å²) in [6.45, 7) is 38.3. The third-order valence-corrected chi connectivity index (χ3v) is 26.3. The highest BCUT2D eigenvalue weighted by Crippen LogP contribution is 2.42. The minimum atomic E-state index is -2.15. The molecule has 1 aromatic rings. The van der Waals surface area contributed by atoms with E-state index in [9.17, 15) is 0 Å². The van der Waals surface area contributed by atoms with Gasteiger partial charge in [-0.15, -0.1) is 12.3 Å². The zero-order valence-corrected chi connectivity index (χ0v) is 39.7. The molecule has 1 aromatic carbocycles. The van der Waals surface area contributed by atoms with E-state index < -0.39 is 25.0 Å². The molecule has 6 atom stereocenters. The largest absolute Gasteiger partial charge is 0.497 e. The second kappa shape index (κ2) is 19.3. The number of methoxy groups -OCH3 is 1. The van der Waals surface area contributed by atoms with Gasteiger partial charge in [-0.05, 0) is 124 Å². The van der Waals surface area contributed by atoms with Gasteiger partial charge in [0.15, 0.2) is 25.0 Å². The molecule has 1 aliphatic heterocycles. The minimum Gasteiger partial charge on any atom is -0.497 e. The quantitative estimate of drug-likeness (QED) is 0.103. The molecule has 1 fully saturated rings. The van der Waals surface area contributed by atoms with Gasteiger partial charge in [-0.1, -0.05) is 74.4 Å². The molecule has 0 spiro atoms. The van der Waals surface area contributed by atoms with Gasteiger partial charge in [0, 0.05) is 24.7 Å². The first-order valence-corrected chi connectivity index (χ1v) is 28.8. The monoisotopic (exact) mass is 777 g/mol. The molecule has 1 aliphatic rings. The Labute approximate surface area is 324 Å². The second-order valence-corrected chi connectivity index (χ2v) is 34.4. The molecule has 0 amide bonds. The Kier molecular flexibility index (Phi) is 17.5. The predicted molar refractivity (Wildman–Crippen MR) is 228 cm³/mol. The second-order valence-electron chi connectivity index (χ2n) is 20.1. The Hall–Kier alpha value is -0.969. The van der Waals surface area contributed by atoms with Gasteiger partial charge in [0.25, 0.3) is 0 Å². The summed E-state index contributed by atoms with van der Waals surface area (Å²) in [5.74, 6) is 3.76. The van der Waals surface area contributed by atoms with Gasteiger partial charge in [-0.25, -0.2) is 0 Å². The number of ether oxygens (including phenoxy) is 3. The SMILES string of the molecule is C#C[C@H](C)[C@@H](C[C@H](C[C@@H](C[C@@H]1CCC[C@H](CCO[Si](C)(C)C(C)(C)C)O1)O[Si](C)(C)C(C)(C)C)O[Si](C)(C)C(C)(C)C)OCc1ccc(OC)cc1. The summed E-state index contributed by atoms with van der Waals surface area (Å²) in [6, 6.07) is 8.06. The summed E-state index contributed by atoms with van der Waals surface area (Å²) in [5, 5.41) is 0.350. The maximum atomic E-state index is 7.34. The van der Waals surface area contributed by atoms with Crippen molar-refractivity contribution in [3.63, 3.8) is 0 Å². The van der Waals surface area contributed by atoms with Crippen LogP contribution in [-0.2, 0) is 29.4 Å². The highest BCUT2D eigenvalue weighted by atomic mass is 28.4. The molecule has 9 heteroatoms. The number of terminal acetylenes is 1. The van der Waals surface area contributed by atoms with Crippen molar-refractivity contribution in [1.29, 1.82) is 0 Å². The fourth-order valence-corrected chi connectivity index (χ4v) is 9.72. The Bertz CT molecular complexity index is 1240. The first-order valence-electron chi connectivity index (χ1n) is 20.1. The molecule has 0 N–H and O–H groups in total. The van der Waals surface area contributed by atoms with Crippen molar-refractivity contribution in [2.75, 3.05) is 13.7 Å². The molecular weight excluding hydrogens is 697 g/mol. The number of rotatable bonds is 19. The lowest BCUT2D eigenvalue weighted by atomic mass is 9.93. The first-order chi connectivity index (χ1) is 23.7. The molecule has 0 radical (unpaired) electrons.